The summed E-state index contributed by atoms with van der Waals surface area (Å²) in [5.74, 6) is -0.301. The highest BCUT2D eigenvalue weighted by Gasteiger charge is 2.42. The number of ether oxygens (including phenoxy) is 1. The third kappa shape index (κ3) is 4.80. The quantitative estimate of drug-likeness (QED) is 0.231. The number of hydrogen-bond donors (Lipinski definition) is 0. The number of hydrogen-bond acceptors (Lipinski definition) is 3. The maximum atomic E-state index is 11.9. The molecule has 0 aliphatic carbocycles. The summed E-state index contributed by atoms with van der Waals surface area (Å²) in [6, 6.07) is 17.1. The number of allylic oxidation sites excluding steroid dienone is 6. The Bertz CT molecular complexity index is 1410. The van der Waals surface area contributed by atoms with Crippen molar-refractivity contribution in [2.45, 2.75) is 64.9 Å². The summed E-state index contributed by atoms with van der Waals surface area (Å²) in [7, 11) is 4.23. The van der Waals surface area contributed by atoms with Crippen LogP contribution in [0.25, 0.3) is 0 Å². The van der Waals surface area contributed by atoms with E-state index >= 15 is 0 Å². The van der Waals surface area contributed by atoms with Gasteiger partial charge in [0, 0.05) is 48.5 Å². The van der Waals surface area contributed by atoms with Crippen molar-refractivity contribution < 1.29 is 14.1 Å². The normalized spacial score (nSPS) is 19.6. The Labute approximate surface area is 228 Å². The van der Waals surface area contributed by atoms with Crippen LogP contribution in [0.5, 0.6) is 0 Å². The third-order valence-electron chi connectivity index (χ3n) is 8.03. The molecule has 0 bridgehead atoms. The van der Waals surface area contributed by atoms with E-state index in [1.54, 1.807) is 0 Å². The molecule has 2 aromatic rings. The minimum atomic E-state index is -0.782. The van der Waals surface area contributed by atoms with Gasteiger partial charge in [0.15, 0.2) is 5.71 Å². The molecule has 4 heteroatoms. The predicted molar refractivity (Wildman–Crippen MR) is 158 cm³/mol. The summed E-state index contributed by atoms with van der Waals surface area (Å²) in [6.07, 6.45) is 12.6. The topological polar surface area (TPSA) is 32.6 Å². The van der Waals surface area contributed by atoms with Crippen LogP contribution in [0.1, 0.15) is 59.6 Å². The van der Waals surface area contributed by atoms with Crippen LogP contribution < -0.4 is 4.90 Å². The van der Waals surface area contributed by atoms with Crippen molar-refractivity contribution in [1.82, 2.24) is 0 Å². The van der Waals surface area contributed by atoms with Gasteiger partial charge in [0.1, 0.15) is 12.6 Å². The average Bonchev–Trinajstić information content (AvgIpc) is 3.16. The van der Waals surface area contributed by atoms with E-state index in [4.69, 9.17) is 4.74 Å². The number of esters is 1. The van der Waals surface area contributed by atoms with Gasteiger partial charge in [-0.2, -0.15) is 4.58 Å². The lowest BCUT2D eigenvalue weighted by atomic mass is 9.81. The van der Waals surface area contributed by atoms with Crippen LogP contribution in [-0.2, 0) is 20.4 Å². The van der Waals surface area contributed by atoms with E-state index in [0.717, 1.165) is 5.57 Å². The third-order valence-corrected chi connectivity index (χ3v) is 8.03. The summed E-state index contributed by atoms with van der Waals surface area (Å²) in [5, 5.41) is 0. The largest absolute Gasteiger partial charge is 0.455 e. The Morgan fingerprint density at radius 1 is 0.947 bits per heavy atom. The van der Waals surface area contributed by atoms with E-state index in [0.29, 0.717) is 0 Å². The average molecular weight is 510 g/mol. The first-order valence-corrected chi connectivity index (χ1v) is 13.3. The van der Waals surface area contributed by atoms with Gasteiger partial charge < -0.3 is 9.64 Å². The van der Waals surface area contributed by atoms with E-state index in [9.17, 15) is 4.79 Å². The van der Waals surface area contributed by atoms with Crippen molar-refractivity contribution in [2.24, 2.45) is 0 Å². The van der Waals surface area contributed by atoms with Gasteiger partial charge in [0.05, 0.1) is 5.41 Å². The van der Waals surface area contributed by atoms with Crippen LogP contribution in [0.15, 0.2) is 96.3 Å². The lowest BCUT2D eigenvalue weighted by Gasteiger charge is -2.26. The van der Waals surface area contributed by atoms with Crippen LogP contribution in [0, 0.1) is 0 Å². The molecule has 4 rings (SSSR count). The lowest BCUT2D eigenvalue weighted by molar-refractivity contribution is -0.401. The Morgan fingerprint density at radius 3 is 2.21 bits per heavy atom. The summed E-state index contributed by atoms with van der Waals surface area (Å²) >= 11 is 0. The monoisotopic (exact) mass is 509 g/mol. The second-order valence-electron chi connectivity index (χ2n) is 11.8. The molecule has 2 heterocycles. The van der Waals surface area contributed by atoms with Crippen LogP contribution in [0.4, 0.5) is 11.4 Å². The molecular weight excluding hydrogens is 468 g/mol. The summed E-state index contributed by atoms with van der Waals surface area (Å²) < 4.78 is 7.99. The zero-order valence-electron chi connectivity index (χ0n) is 24.3. The SMILES string of the molecule is CC(=O)OC(C)(C)C(=C\C=C\C1=[N+](C)c2ccccc2C1(C)C)/C=C/C=C1/N(C)c2ccccc2C1(C)C. The summed E-state index contributed by atoms with van der Waals surface area (Å²) in [5.41, 5.74) is 7.48. The van der Waals surface area contributed by atoms with E-state index < -0.39 is 5.60 Å². The Hall–Kier alpha value is -3.66. The number of carbonyl (C=O) groups excluding carboxylic acids is 1. The molecule has 0 saturated carbocycles. The van der Waals surface area contributed by atoms with Crippen molar-refractivity contribution in [3.05, 3.63) is 107 Å². The fraction of sp³-hybridized carbons (Fsp3) is 0.353. The van der Waals surface area contributed by atoms with E-state index in [1.807, 2.05) is 13.8 Å². The van der Waals surface area contributed by atoms with E-state index in [-0.39, 0.29) is 16.8 Å². The fourth-order valence-electron chi connectivity index (χ4n) is 5.96. The van der Waals surface area contributed by atoms with Crippen molar-refractivity contribution in [3.8, 4) is 0 Å². The number of carbonyl (C=O) groups is 1. The van der Waals surface area contributed by atoms with Crippen LogP contribution in [-0.4, -0.2) is 36.0 Å². The number of fused-ring (bicyclic) bond motifs is 2. The molecule has 0 atom stereocenters. The van der Waals surface area contributed by atoms with Gasteiger partial charge in [0.25, 0.3) is 0 Å². The minimum absolute atomic E-state index is 0.102. The van der Waals surface area contributed by atoms with E-state index in [2.05, 4.69) is 136 Å². The number of likely N-dealkylation sites (N-methyl/N-ethyl adjacent to an activating group) is 1. The van der Waals surface area contributed by atoms with Gasteiger partial charge >= 0.3 is 5.97 Å². The van der Waals surface area contributed by atoms with Gasteiger partial charge in [-0.05, 0) is 51.0 Å². The summed E-state index contributed by atoms with van der Waals surface area (Å²) in [4.78, 5) is 14.2. The molecule has 0 saturated heterocycles. The maximum Gasteiger partial charge on any atom is 0.303 e. The standard InChI is InChI=1S/C34H41N2O2/c1-24(37)38-34(6,7)25(16-14-22-30-32(2,3)26-18-10-12-20-28(26)35(30)8)17-15-23-31-33(4,5)27-19-11-13-21-29(27)36(31)9/h10-23H,1-9H3/q+1. The van der Waals surface area contributed by atoms with Gasteiger partial charge in [-0.3, -0.25) is 4.79 Å². The highest BCUT2D eigenvalue weighted by molar-refractivity contribution is 6.03. The zero-order valence-corrected chi connectivity index (χ0v) is 24.3. The molecule has 38 heavy (non-hydrogen) atoms. The molecular formula is C34H41N2O2+. The first-order chi connectivity index (χ1) is 17.8. The van der Waals surface area contributed by atoms with Crippen molar-refractivity contribution in [1.29, 1.82) is 0 Å². The smallest absolute Gasteiger partial charge is 0.303 e. The molecule has 198 valence electrons. The molecule has 0 spiro atoms. The molecule has 2 aliphatic rings. The van der Waals surface area contributed by atoms with Gasteiger partial charge in [0.2, 0.25) is 5.69 Å². The number of para-hydroxylation sites is 2. The minimum Gasteiger partial charge on any atom is -0.455 e. The Balaban J connectivity index is 1.68. The van der Waals surface area contributed by atoms with Crippen LogP contribution in [0.3, 0.4) is 0 Å². The van der Waals surface area contributed by atoms with Crippen LogP contribution in [0.2, 0.25) is 0 Å². The molecule has 0 fully saturated rings. The fourth-order valence-corrected chi connectivity index (χ4v) is 5.96. The predicted octanol–water partition coefficient (Wildman–Crippen LogP) is 7.38. The molecule has 2 aromatic carbocycles. The maximum absolute atomic E-state index is 11.9. The second-order valence-corrected chi connectivity index (χ2v) is 11.8. The number of benzene rings is 2. The molecule has 2 aliphatic heterocycles. The molecule has 0 N–H and O–H groups in total. The van der Waals surface area contributed by atoms with Crippen molar-refractivity contribution in [3.63, 3.8) is 0 Å². The van der Waals surface area contributed by atoms with Crippen LogP contribution >= 0.6 is 0 Å². The highest BCUT2D eigenvalue weighted by Crippen LogP contribution is 2.46. The highest BCUT2D eigenvalue weighted by atomic mass is 16.6. The molecule has 0 aromatic heterocycles. The Morgan fingerprint density at radius 2 is 1.58 bits per heavy atom. The first kappa shape index (κ1) is 27.4. The first-order valence-electron chi connectivity index (χ1n) is 13.3. The van der Waals surface area contributed by atoms with Gasteiger partial charge in [-0.15, -0.1) is 0 Å². The number of rotatable bonds is 6. The lowest BCUT2D eigenvalue weighted by Crippen LogP contribution is -2.29. The number of anilines is 1. The van der Waals surface area contributed by atoms with Gasteiger partial charge in [-0.1, -0.05) is 74.5 Å². The second kappa shape index (κ2) is 9.90. The summed E-state index contributed by atoms with van der Waals surface area (Å²) in [6.45, 7) is 14.3. The van der Waals surface area contributed by atoms with Crippen molar-refractivity contribution in [2.75, 3.05) is 19.0 Å². The number of nitrogens with zero attached hydrogens (tertiary/aromatic N) is 2. The molecule has 0 radical (unpaired) electrons. The van der Waals surface area contributed by atoms with E-state index in [1.165, 1.54) is 40.8 Å². The molecule has 0 amide bonds. The zero-order chi connectivity index (χ0) is 27.9. The molecule has 4 nitrogen and oxygen atoms in total. The van der Waals surface area contributed by atoms with Crippen molar-refractivity contribution >= 4 is 23.1 Å². The Kier molecular flexibility index (Phi) is 7.13. The molecule has 0 unspecified atom stereocenters. The van der Waals surface area contributed by atoms with Gasteiger partial charge in [-0.25, -0.2) is 0 Å².